The number of benzene rings is 4. The van der Waals surface area contributed by atoms with E-state index in [0.29, 0.717) is 37.8 Å². The maximum Gasteiger partial charge on any atom is 0.196 e. The minimum absolute atomic E-state index is 0.0545. The van der Waals surface area contributed by atoms with Crippen molar-refractivity contribution < 1.29 is 27.9 Å². The molecule has 1 heterocycles. The Kier molecular flexibility index (Phi) is 8.47. The van der Waals surface area contributed by atoms with Crippen LogP contribution in [0.1, 0.15) is 22.3 Å². The fourth-order valence-corrected chi connectivity index (χ4v) is 4.53. The van der Waals surface area contributed by atoms with Crippen LogP contribution in [0.5, 0.6) is 11.5 Å². The molecule has 4 aromatic carbocycles. The number of piperidine rings is 1. The van der Waals surface area contributed by atoms with Gasteiger partial charge in [0, 0.05) is 0 Å². The standard InChI is InChI=1S/C34H29F2NO3/c1-37-20-28(18-24-6-14-32(15-7-24)39-22-26-2-10-30(35)11-3-26)34(38)29(21-37)19-25-8-16-33(17-9-25)40-23-27-4-12-31(36)13-5-27/h2-19H,20-23H2,1H3/p+1/b28-18+,29-19?. The zero-order valence-electron chi connectivity index (χ0n) is 22.2. The normalized spacial score (nSPS) is 17.3. The second-order valence-corrected chi connectivity index (χ2v) is 9.95. The van der Waals surface area contributed by atoms with E-state index in [1.54, 1.807) is 24.3 Å². The van der Waals surface area contributed by atoms with E-state index < -0.39 is 0 Å². The van der Waals surface area contributed by atoms with Gasteiger partial charge in [-0.05, 0) is 82.9 Å². The summed E-state index contributed by atoms with van der Waals surface area (Å²) >= 11 is 0. The molecule has 1 unspecified atom stereocenters. The number of hydrogen-bond donors (Lipinski definition) is 1. The Hall–Kier alpha value is -4.55. The van der Waals surface area contributed by atoms with Crippen LogP contribution in [-0.2, 0) is 18.0 Å². The summed E-state index contributed by atoms with van der Waals surface area (Å²) in [7, 11) is 2.08. The molecule has 1 saturated heterocycles. The predicted octanol–water partition coefficient (Wildman–Crippen LogP) is 5.69. The molecule has 0 aromatic heterocycles. The van der Waals surface area contributed by atoms with Crippen LogP contribution in [0.4, 0.5) is 8.78 Å². The van der Waals surface area contributed by atoms with Crippen LogP contribution in [0.25, 0.3) is 12.2 Å². The molecule has 1 atom stereocenters. The van der Waals surface area contributed by atoms with Gasteiger partial charge in [0.05, 0.1) is 18.2 Å². The Morgan fingerprint density at radius 1 is 0.625 bits per heavy atom. The maximum absolute atomic E-state index is 13.3. The van der Waals surface area contributed by atoms with Crippen LogP contribution in [0, 0.1) is 11.6 Å². The highest BCUT2D eigenvalue weighted by atomic mass is 19.1. The minimum atomic E-state index is -0.272. The third kappa shape index (κ3) is 7.30. The SMILES string of the molecule is C[NH+]1CC(=Cc2ccc(OCc3ccc(F)cc3)cc2)C(=O)/C(=C/c2ccc(OCc3ccc(F)cc3)cc2)C1. The quantitative estimate of drug-likeness (QED) is 0.293. The molecule has 1 N–H and O–H groups in total. The first kappa shape index (κ1) is 27.0. The number of halogens is 2. The van der Waals surface area contributed by atoms with Gasteiger partial charge in [0.2, 0.25) is 0 Å². The highest BCUT2D eigenvalue weighted by Crippen LogP contribution is 2.21. The van der Waals surface area contributed by atoms with Crippen molar-refractivity contribution in [3.05, 3.63) is 142 Å². The summed E-state index contributed by atoms with van der Waals surface area (Å²) in [5.74, 6) is 0.918. The molecule has 5 rings (SSSR count). The molecule has 0 radical (unpaired) electrons. The summed E-state index contributed by atoms with van der Waals surface area (Å²) < 4.78 is 37.8. The monoisotopic (exact) mass is 538 g/mol. The van der Waals surface area contributed by atoms with Crippen LogP contribution >= 0.6 is 0 Å². The zero-order valence-corrected chi connectivity index (χ0v) is 22.2. The average Bonchev–Trinajstić information content (AvgIpc) is 2.96. The van der Waals surface area contributed by atoms with Crippen LogP contribution in [0.3, 0.4) is 0 Å². The first-order valence-electron chi connectivity index (χ1n) is 13.1. The minimum Gasteiger partial charge on any atom is -0.489 e. The van der Waals surface area contributed by atoms with E-state index in [-0.39, 0.29) is 17.4 Å². The molecule has 4 nitrogen and oxygen atoms in total. The van der Waals surface area contributed by atoms with Crippen molar-refractivity contribution in [2.75, 3.05) is 20.1 Å². The molecule has 40 heavy (non-hydrogen) atoms. The molecule has 0 saturated carbocycles. The van der Waals surface area contributed by atoms with Crippen LogP contribution in [0.2, 0.25) is 0 Å². The van der Waals surface area contributed by atoms with E-state index in [1.807, 2.05) is 60.7 Å². The maximum atomic E-state index is 13.3. The van der Waals surface area contributed by atoms with Gasteiger partial charge < -0.3 is 14.4 Å². The molecule has 0 bridgehead atoms. The Morgan fingerprint density at radius 2 is 1.00 bits per heavy atom. The van der Waals surface area contributed by atoms with Gasteiger partial charge in [0.25, 0.3) is 0 Å². The Balaban J connectivity index is 1.21. The second kappa shape index (κ2) is 12.5. The van der Waals surface area contributed by atoms with Crippen molar-refractivity contribution in [3.63, 3.8) is 0 Å². The Morgan fingerprint density at radius 3 is 1.38 bits per heavy atom. The molecule has 0 spiro atoms. The summed E-state index contributed by atoms with van der Waals surface area (Å²) in [4.78, 5) is 14.6. The number of ether oxygens (including phenoxy) is 2. The molecule has 0 aliphatic carbocycles. The summed E-state index contributed by atoms with van der Waals surface area (Å²) in [6, 6.07) is 27.7. The topological polar surface area (TPSA) is 40.0 Å². The van der Waals surface area contributed by atoms with Crippen LogP contribution < -0.4 is 14.4 Å². The van der Waals surface area contributed by atoms with Gasteiger partial charge in [-0.3, -0.25) is 4.79 Å². The van der Waals surface area contributed by atoms with Crippen molar-refractivity contribution in [3.8, 4) is 11.5 Å². The number of nitrogens with one attached hydrogen (secondary N) is 1. The van der Waals surface area contributed by atoms with Crippen molar-refractivity contribution in [1.82, 2.24) is 0 Å². The number of quaternary nitrogens is 1. The summed E-state index contributed by atoms with van der Waals surface area (Å²) in [5, 5.41) is 0. The zero-order chi connectivity index (χ0) is 27.9. The van der Waals surface area contributed by atoms with Gasteiger partial charge in [-0.15, -0.1) is 0 Å². The van der Waals surface area contributed by atoms with Gasteiger partial charge in [-0.2, -0.15) is 0 Å². The van der Waals surface area contributed by atoms with E-state index >= 15 is 0 Å². The van der Waals surface area contributed by atoms with Crippen molar-refractivity contribution in [2.45, 2.75) is 13.2 Å². The van der Waals surface area contributed by atoms with E-state index in [2.05, 4.69) is 7.05 Å². The lowest BCUT2D eigenvalue weighted by Gasteiger charge is -2.23. The van der Waals surface area contributed by atoms with Gasteiger partial charge in [0.1, 0.15) is 49.4 Å². The number of carbonyl (C=O) groups is 1. The first-order valence-corrected chi connectivity index (χ1v) is 13.1. The highest BCUT2D eigenvalue weighted by Gasteiger charge is 2.27. The molecular weight excluding hydrogens is 508 g/mol. The smallest absolute Gasteiger partial charge is 0.196 e. The molecule has 1 fully saturated rings. The van der Waals surface area contributed by atoms with Crippen LogP contribution in [0.15, 0.2) is 108 Å². The van der Waals surface area contributed by atoms with Gasteiger partial charge >= 0.3 is 0 Å². The second-order valence-electron chi connectivity index (χ2n) is 9.95. The fraction of sp³-hybridized carbons (Fsp3) is 0.147. The predicted molar refractivity (Wildman–Crippen MR) is 152 cm³/mol. The number of likely N-dealkylation sites (tertiary alicyclic amines) is 1. The summed E-state index contributed by atoms with van der Waals surface area (Å²) in [6.45, 7) is 2.00. The third-order valence-electron chi connectivity index (χ3n) is 6.65. The fourth-order valence-electron chi connectivity index (χ4n) is 4.53. The highest BCUT2D eigenvalue weighted by molar-refractivity contribution is 6.14. The third-order valence-corrected chi connectivity index (χ3v) is 6.65. The molecule has 1 aliphatic heterocycles. The number of ketones is 1. The Bertz CT molecular complexity index is 1390. The van der Waals surface area contributed by atoms with E-state index in [9.17, 15) is 13.6 Å². The average molecular weight is 539 g/mol. The number of likely N-dealkylation sites (N-methyl/N-ethyl adjacent to an activating group) is 1. The molecule has 1 aliphatic rings. The lowest BCUT2D eigenvalue weighted by atomic mass is 9.94. The number of Topliss-reactive ketones (excluding diaryl/α,β-unsaturated/α-hetero) is 1. The molecule has 6 heteroatoms. The van der Waals surface area contributed by atoms with Gasteiger partial charge in [0.15, 0.2) is 5.78 Å². The number of rotatable bonds is 8. The van der Waals surface area contributed by atoms with Crippen molar-refractivity contribution in [2.24, 2.45) is 0 Å². The van der Waals surface area contributed by atoms with Gasteiger partial charge in [-0.1, -0.05) is 48.5 Å². The Labute approximate surface area is 232 Å². The van der Waals surface area contributed by atoms with Crippen LogP contribution in [-0.4, -0.2) is 25.9 Å². The van der Waals surface area contributed by atoms with E-state index in [0.717, 1.165) is 33.4 Å². The lowest BCUT2D eigenvalue weighted by molar-refractivity contribution is -0.870. The molecule has 202 valence electrons. The number of carbonyl (C=O) groups excluding carboxylic acids is 1. The first-order chi connectivity index (χ1) is 19.4. The van der Waals surface area contributed by atoms with Gasteiger partial charge in [-0.25, -0.2) is 8.78 Å². The summed E-state index contributed by atoms with van der Waals surface area (Å²) in [5.41, 5.74) is 5.14. The lowest BCUT2D eigenvalue weighted by Crippen LogP contribution is -3.10. The molecular formula is C34H30F2NO3+. The van der Waals surface area contributed by atoms with E-state index in [4.69, 9.17) is 9.47 Å². The largest absolute Gasteiger partial charge is 0.489 e. The molecule has 4 aromatic rings. The van der Waals surface area contributed by atoms with E-state index in [1.165, 1.54) is 29.2 Å². The molecule has 0 amide bonds. The van der Waals surface area contributed by atoms with Crippen molar-refractivity contribution >= 4 is 17.9 Å². The summed E-state index contributed by atoms with van der Waals surface area (Å²) in [6.07, 6.45) is 3.88. The number of hydrogen-bond acceptors (Lipinski definition) is 3. The van der Waals surface area contributed by atoms with Crippen molar-refractivity contribution in [1.29, 1.82) is 0 Å².